The van der Waals surface area contributed by atoms with Gasteiger partial charge in [-0.2, -0.15) is 0 Å². The number of nitrogens with zero attached hydrogens (tertiary/aromatic N) is 1. The van der Waals surface area contributed by atoms with E-state index in [1.165, 1.54) is 11.1 Å². The molecule has 0 fully saturated rings. The molecule has 20 heavy (non-hydrogen) atoms. The Labute approximate surface area is 133 Å². The van der Waals surface area contributed by atoms with Gasteiger partial charge in [-0.15, -0.1) is 0 Å². The van der Waals surface area contributed by atoms with E-state index in [-0.39, 0.29) is 6.04 Å². The summed E-state index contributed by atoms with van der Waals surface area (Å²) in [4.78, 5) is 2.25. The van der Waals surface area contributed by atoms with Crippen molar-refractivity contribution in [1.29, 1.82) is 0 Å². The van der Waals surface area contributed by atoms with Crippen LogP contribution in [-0.2, 0) is 6.54 Å². The third-order valence-corrected chi connectivity index (χ3v) is 4.57. The summed E-state index contributed by atoms with van der Waals surface area (Å²) >= 11 is 9.51. The number of rotatable bonds is 5. The highest BCUT2D eigenvalue weighted by atomic mass is 79.9. The first-order valence-electron chi connectivity index (χ1n) is 6.51. The van der Waals surface area contributed by atoms with Crippen molar-refractivity contribution in [3.63, 3.8) is 0 Å². The lowest BCUT2D eigenvalue weighted by atomic mass is 10.1. The minimum Gasteiger partial charge on any atom is -0.329 e. The molecule has 0 heterocycles. The zero-order valence-corrected chi connectivity index (χ0v) is 13.7. The zero-order chi connectivity index (χ0) is 14.5. The maximum Gasteiger partial charge on any atom is 0.0548 e. The Morgan fingerprint density at radius 1 is 1.20 bits per heavy atom. The number of hydrogen-bond acceptors (Lipinski definition) is 2. The third-order valence-electron chi connectivity index (χ3n) is 3.36. The highest BCUT2D eigenvalue weighted by Crippen LogP contribution is 2.28. The molecule has 0 aliphatic heterocycles. The largest absolute Gasteiger partial charge is 0.329 e. The molecule has 1 unspecified atom stereocenters. The van der Waals surface area contributed by atoms with Gasteiger partial charge in [0.2, 0.25) is 0 Å². The van der Waals surface area contributed by atoms with Crippen molar-refractivity contribution in [3.05, 3.63) is 69.2 Å². The Bertz CT molecular complexity index is 560. The smallest absolute Gasteiger partial charge is 0.0548 e. The van der Waals surface area contributed by atoms with Gasteiger partial charge in [0, 0.05) is 23.6 Å². The standard InChI is InChI=1S/C16H18BrClN2/c1-20(11-12-5-3-2-4-6-12)16(10-19)13-7-8-15(18)14(17)9-13/h2-9,16H,10-11,19H2,1H3. The van der Waals surface area contributed by atoms with E-state index in [1.54, 1.807) is 0 Å². The molecule has 1 atom stereocenters. The van der Waals surface area contributed by atoms with E-state index in [4.69, 9.17) is 17.3 Å². The first kappa shape index (κ1) is 15.5. The Hall–Kier alpha value is -0.870. The summed E-state index contributed by atoms with van der Waals surface area (Å²) in [7, 11) is 2.09. The minimum atomic E-state index is 0.170. The van der Waals surface area contributed by atoms with Gasteiger partial charge in [-0.25, -0.2) is 0 Å². The van der Waals surface area contributed by atoms with Crippen LogP contribution < -0.4 is 5.73 Å². The summed E-state index contributed by atoms with van der Waals surface area (Å²) in [5, 5.41) is 0.718. The van der Waals surface area contributed by atoms with Crippen LogP contribution in [0, 0.1) is 0 Å². The Morgan fingerprint density at radius 3 is 2.50 bits per heavy atom. The monoisotopic (exact) mass is 352 g/mol. The number of halogens is 2. The Balaban J connectivity index is 2.16. The van der Waals surface area contributed by atoms with Crippen LogP contribution in [0.3, 0.4) is 0 Å². The Kier molecular flexibility index (Phi) is 5.61. The van der Waals surface area contributed by atoms with Crippen molar-refractivity contribution in [3.8, 4) is 0 Å². The average molecular weight is 354 g/mol. The second kappa shape index (κ2) is 7.23. The lowest BCUT2D eigenvalue weighted by Gasteiger charge is -2.27. The second-order valence-corrected chi connectivity index (χ2v) is 6.09. The fraction of sp³-hybridized carbons (Fsp3) is 0.250. The molecule has 0 saturated heterocycles. The maximum absolute atomic E-state index is 6.05. The summed E-state index contributed by atoms with van der Waals surface area (Å²) in [6.07, 6.45) is 0. The van der Waals surface area contributed by atoms with Gasteiger partial charge >= 0.3 is 0 Å². The van der Waals surface area contributed by atoms with Gasteiger partial charge in [-0.3, -0.25) is 4.90 Å². The molecule has 2 N–H and O–H groups in total. The van der Waals surface area contributed by atoms with E-state index in [0.29, 0.717) is 6.54 Å². The molecule has 106 valence electrons. The molecule has 0 spiro atoms. The number of hydrogen-bond donors (Lipinski definition) is 1. The predicted molar refractivity (Wildman–Crippen MR) is 88.9 cm³/mol. The molecule has 0 bridgehead atoms. The molecule has 0 aliphatic rings. The van der Waals surface area contributed by atoms with Crippen molar-refractivity contribution in [2.24, 2.45) is 5.73 Å². The highest BCUT2D eigenvalue weighted by molar-refractivity contribution is 9.10. The molecule has 0 saturated carbocycles. The van der Waals surface area contributed by atoms with E-state index in [2.05, 4.69) is 52.1 Å². The topological polar surface area (TPSA) is 29.3 Å². The lowest BCUT2D eigenvalue weighted by Crippen LogP contribution is -2.30. The quantitative estimate of drug-likeness (QED) is 0.871. The van der Waals surface area contributed by atoms with Crippen LogP contribution >= 0.6 is 27.5 Å². The molecule has 2 aromatic carbocycles. The van der Waals surface area contributed by atoms with E-state index in [1.807, 2.05) is 24.3 Å². The summed E-state index contributed by atoms with van der Waals surface area (Å²) in [6, 6.07) is 16.5. The second-order valence-electron chi connectivity index (χ2n) is 4.83. The molecule has 2 rings (SSSR count). The maximum atomic E-state index is 6.05. The van der Waals surface area contributed by atoms with Crippen LogP contribution in [-0.4, -0.2) is 18.5 Å². The molecule has 2 nitrogen and oxygen atoms in total. The first-order chi connectivity index (χ1) is 9.61. The lowest BCUT2D eigenvalue weighted by molar-refractivity contribution is 0.242. The van der Waals surface area contributed by atoms with Crippen molar-refractivity contribution in [2.45, 2.75) is 12.6 Å². The fourth-order valence-electron chi connectivity index (χ4n) is 2.27. The van der Waals surface area contributed by atoms with E-state index >= 15 is 0 Å². The molecule has 0 aromatic heterocycles. The molecular weight excluding hydrogens is 336 g/mol. The van der Waals surface area contributed by atoms with Gasteiger partial charge in [0.1, 0.15) is 0 Å². The van der Waals surface area contributed by atoms with Crippen molar-refractivity contribution in [2.75, 3.05) is 13.6 Å². The van der Waals surface area contributed by atoms with Gasteiger partial charge < -0.3 is 5.73 Å². The molecule has 0 aliphatic carbocycles. The first-order valence-corrected chi connectivity index (χ1v) is 7.68. The van der Waals surface area contributed by atoms with Crippen molar-refractivity contribution < 1.29 is 0 Å². The number of nitrogens with two attached hydrogens (primary N) is 1. The minimum absolute atomic E-state index is 0.170. The van der Waals surface area contributed by atoms with Gasteiger partial charge in [-0.05, 0) is 46.2 Å². The SMILES string of the molecule is CN(Cc1ccccc1)C(CN)c1ccc(Cl)c(Br)c1. The van der Waals surface area contributed by atoms with Crippen LogP contribution in [0.25, 0.3) is 0 Å². The molecule has 0 radical (unpaired) electrons. The summed E-state index contributed by atoms with van der Waals surface area (Å²) in [5.74, 6) is 0. The predicted octanol–water partition coefficient (Wildman–Crippen LogP) is 4.23. The molecule has 2 aromatic rings. The van der Waals surface area contributed by atoms with Crippen LogP contribution in [0.4, 0.5) is 0 Å². The van der Waals surface area contributed by atoms with Crippen molar-refractivity contribution in [1.82, 2.24) is 4.90 Å². The summed E-state index contributed by atoms with van der Waals surface area (Å²) in [6.45, 7) is 1.43. The van der Waals surface area contributed by atoms with E-state index in [0.717, 1.165) is 16.0 Å². The van der Waals surface area contributed by atoms with Crippen LogP contribution in [0.1, 0.15) is 17.2 Å². The van der Waals surface area contributed by atoms with E-state index < -0.39 is 0 Å². The molecule has 0 amide bonds. The van der Waals surface area contributed by atoms with E-state index in [9.17, 15) is 0 Å². The van der Waals surface area contributed by atoms with Gasteiger partial charge in [0.15, 0.2) is 0 Å². The normalized spacial score (nSPS) is 12.7. The number of benzene rings is 2. The zero-order valence-electron chi connectivity index (χ0n) is 11.4. The summed E-state index contributed by atoms with van der Waals surface area (Å²) in [5.41, 5.74) is 8.41. The molecular formula is C16H18BrClN2. The van der Waals surface area contributed by atoms with Gasteiger partial charge in [-0.1, -0.05) is 48.0 Å². The Morgan fingerprint density at radius 2 is 1.90 bits per heavy atom. The molecule has 4 heteroatoms. The third kappa shape index (κ3) is 3.83. The summed E-state index contributed by atoms with van der Waals surface area (Å²) < 4.78 is 0.906. The van der Waals surface area contributed by atoms with Crippen molar-refractivity contribution >= 4 is 27.5 Å². The number of likely N-dealkylation sites (N-methyl/N-ethyl adjacent to an activating group) is 1. The van der Waals surface area contributed by atoms with Gasteiger partial charge in [0.05, 0.1) is 5.02 Å². The highest BCUT2D eigenvalue weighted by Gasteiger charge is 2.16. The van der Waals surface area contributed by atoms with Crippen LogP contribution in [0.15, 0.2) is 53.0 Å². The fourth-order valence-corrected chi connectivity index (χ4v) is 2.79. The van der Waals surface area contributed by atoms with Gasteiger partial charge in [0.25, 0.3) is 0 Å². The average Bonchev–Trinajstić information content (AvgIpc) is 2.44. The van der Waals surface area contributed by atoms with Crippen LogP contribution in [0.5, 0.6) is 0 Å². The van der Waals surface area contributed by atoms with Crippen LogP contribution in [0.2, 0.25) is 5.02 Å².